The zero-order valence-corrected chi connectivity index (χ0v) is 16.6. The first kappa shape index (κ1) is 21.5. The number of likely N-dealkylation sites (tertiary alicyclic amines) is 1. The topological polar surface area (TPSA) is 139 Å². The van der Waals surface area contributed by atoms with Gasteiger partial charge in [0.1, 0.15) is 22.9 Å². The number of aliphatic carboxylic acids is 1. The van der Waals surface area contributed by atoms with E-state index in [1.807, 2.05) is 0 Å². The van der Waals surface area contributed by atoms with Crippen LogP contribution in [0.1, 0.15) is 12.8 Å². The van der Waals surface area contributed by atoms with Crippen molar-refractivity contribution in [3.05, 3.63) is 54.3 Å². The number of hydrogen-bond donors (Lipinski definition) is 3. The van der Waals surface area contributed by atoms with E-state index in [1.165, 1.54) is 53.4 Å². The number of piperidine rings is 1. The van der Waals surface area contributed by atoms with Crippen LogP contribution in [-0.4, -0.2) is 49.1 Å². The molecule has 4 N–H and O–H groups in total. The average molecular weight is 437 g/mol. The minimum Gasteiger partial charge on any atom is -0.480 e. The molecule has 0 bridgehead atoms. The van der Waals surface area contributed by atoms with E-state index in [0.29, 0.717) is 11.5 Å². The number of ether oxygens (including phenoxy) is 1. The van der Waals surface area contributed by atoms with Crippen LogP contribution in [0.2, 0.25) is 0 Å². The monoisotopic (exact) mass is 437 g/mol. The molecule has 2 aromatic rings. The molecule has 160 valence electrons. The Hall–Kier alpha value is -3.18. The van der Waals surface area contributed by atoms with Crippen molar-refractivity contribution in [1.82, 2.24) is 9.62 Å². The highest BCUT2D eigenvalue weighted by atomic mass is 32.2. The minimum atomic E-state index is -4.17. The van der Waals surface area contributed by atoms with Crippen LogP contribution in [-0.2, 0) is 14.8 Å². The van der Waals surface area contributed by atoms with Crippen LogP contribution in [0.15, 0.2) is 53.4 Å². The number of benzene rings is 2. The summed E-state index contributed by atoms with van der Waals surface area (Å²) in [7, 11) is -4.17. The van der Waals surface area contributed by atoms with Gasteiger partial charge in [0.25, 0.3) is 0 Å². The number of urea groups is 1. The van der Waals surface area contributed by atoms with E-state index in [1.54, 1.807) is 0 Å². The summed E-state index contributed by atoms with van der Waals surface area (Å²) < 4.78 is 46.3. The zero-order chi connectivity index (χ0) is 21.9. The van der Waals surface area contributed by atoms with Crippen molar-refractivity contribution < 1.29 is 32.2 Å². The Morgan fingerprint density at radius 2 is 1.53 bits per heavy atom. The highest BCUT2D eigenvalue weighted by molar-refractivity contribution is 7.89. The zero-order valence-electron chi connectivity index (χ0n) is 15.7. The number of nitrogens with one attached hydrogen (secondary N) is 1. The van der Waals surface area contributed by atoms with Crippen LogP contribution in [0.25, 0.3) is 0 Å². The van der Waals surface area contributed by atoms with Gasteiger partial charge in [-0.2, -0.15) is 4.72 Å². The summed E-state index contributed by atoms with van der Waals surface area (Å²) in [5, 5.41) is 9.64. The van der Waals surface area contributed by atoms with Crippen molar-refractivity contribution in [3.8, 4) is 11.5 Å². The second-order valence-corrected chi connectivity index (χ2v) is 8.53. The maximum absolute atomic E-state index is 13.0. The van der Waals surface area contributed by atoms with Gasteiger partial charge in [-0.15, -0.1) is 0 Å². The first-order valence-electron chi connectivity index (χ1n) is 8.97. The second kappa shape index (κ2) is 8.28. The number of halogens is 1. The van der Waals surface area contributed by atoms with E-state index in [0.717, 1.165) is 0 Å². The Morgan fingerprint density at radius 3 is 2.00 bits per heavy atom. The van der Waals surface area contributed by atoms with Gasteiger partial charge in [0.2, 0.25) is 10.0 Å². The molecule has 0 radical (unpaired) electrons. The van der Waals surface area contributed by atoms with E-state index in [4.69, 9.17) is 10.5 Å². The lowest BCUT2D eigenvalue weighted by molar-refractivity contribution is -0.145. The first-order valence-corrected chi connectivity index (χ1v) is 10.4. The lowest BCUT2D eigenvalue weighted by Crippen LogP contribution is -2.60. The van der Waals surface area contributed by atoms with E-state index in [-0.39, 0.29) is 30.8 Å². The van der Waals surface area contributed by atoms with E-state index in [9.17, 15) is 27.5 Å². The van der Waals surface area contributed by atoms with Crippen LogP contribution in [0.3, 0.4) is 0 Å². The van der Waals surface area contributed by atoms with Crippen molar-refractivity contribution in [2.75, 3.05) is 13.1 Å². The van der Waals surface area contributed by atoms with E-state index < -0.39 is 33.4 Å². The summed E-state index contributed by atoms with van der Waals surface area (Å²) in [5.74, 6) is -1.05. The average Bonchev–Trinajstić information content (AvgIpc) is 2.70. The summed E-state index contributed by atoms with van der Waals surface area (Å²) in [6.45, 7) is 0.0448. The molecule has 9 nitrogen and oxygen atoms in total. The van der Waals surface area contributed by atoms with Crippen LogP contribution in [0, 0.1) is 5.82 Å². The van der Waals surface area contributed by atoms with Gasteiger partial charge in [-0.25, -0.2) is 17.6 Å². The summed E-state index contributed by atoms with van der Waals surface area (Å²) >= 11 is 0. The lowest BCUT2D eigenvalue weighted by atomic mass is 9.89. The van der Waals surface area contributed by atoms with Crippen molar-refractivity contribution in [3.63, 3.8) is 0 Å². The lowest BCUT2D eigenvalue weighted by Gasteiger charge is -2.38. The van der Waals surface area contributed by atoms with Gasteiger partial charge in [0.15, 0.2) is 0 Å². The maximum Gasteiger partial charge on any atom is 0.325 e. The molecule has 1 aliphatic heterocycles. The van der Waals surface area contributed by atoms with Crippen molar-refractivity contribution in [1.29, 1.82) is 0 Å². The molecule has 0 saturated carbocycles. The molecular weight excluding hydrogens is 417 g/mol. The quantitative estimate of drug-likeness (QED) is 0.631. The van der Waals surface area contributed by atoms with Gasteiger partial charge in [-0.3, -0.25) is 4.79 Å². The van der Waals surface area contributed by atoms with Gasteiger partial charge in [-0.05, 0) is 61.4 Å². The molecular formula is C19H20FN3O6S. The normalized spacial score (nSPS) is 16.1. The third-order valence-corrected chi connectivity index (χ3v) is 6.40. The van der Waals surface area contributed by atoms with Gasteiger partial charge >= 0.3 is 12.0 Å². The number of nitrogens with two attached hydrogens (primary N) is 1. The van der Waals surface area contributed by atoms with Gasteiger partial charge in [-0.1, -0.05) is 0 Å². The number of primary amides is 1. The van der Waals surface area contributed by atoms with Crippen LogP contribution < -0.4 is 15.2 Å². The SMILES string of the molecule is NC(=O)N1CCC(NS(=O)(=O)c2ccc(Oc3ccc(F)cc3)cc2)(C(=O)O)CC1. The third-order valence-electron chi connectivity index (χ3n) is 4.85. The summed E-state index contributed by atoms with van der Waals surface area (Å²) in [6.07, 6.45) is -0.230. The number of carbonyl (C=O) groups is 2. The Balaban J connectivity index is 1.74. The molecule has 1 heterocycles. The Labute approximate surface area is 172 Å². The van der Waals surface area contributed by atoms with Crippen LogP contribution in [0.4, 0.5) is 9.18 Å². The molecule has 0 aromatic heterocycles. The molecule has 0 spiro atoms. The second-order valence-electron chi connectivity index (χ2n) is 6.85. The molecule has 1 fully saturated rings. The molecule has 0 atom stereocenters. The van der Waals surface area contributed by atoms with Crippen LogP contribution in [0.5, 0.6) is 11.5 Å². The highest BCUT2D eigenvalue weighted by Gasteiger charge is 2.45. The number of carbonyl (C=O) groups excluding carboxylic acids is 1. The molecule has 0 unspecified atom stereocenters. The molecule has 2 aromatic carbocycles. The number of rotatable bonds is 6. The predicted octanol–water partition coefficient (Wildman–Crippen LogP) is 1.89. The predicted molar refractivity (Wildman–Crippen MR) is 104 cm³/mol. The standard InChI is InChI=1S/C19H20FN3O6S/c20-13-1-3-14(4-2-13)29-15-5-7-16(8-6-15)30(27,28)22-19(17(24)25)9-11-23(12-10-19)18(21)26/h1-8,22H,9-12H2,(H2,21,26)(H,24,25). The first-order chi connectivity index (χ1) is 14.1. The number of nitrogens with zero attached hydrogens (tertiary/aromatic N) is 1. The summed E-state index contributed by atoms with van der Waals surface area (Å²) in [4.78, 5) is 24.2. The molecule has 30 heavy (non-hydrogen) atoms. The number of carboxylic acids is 1. The fraction of sp³-hybridized carbons (Fsp3) is 0.263. The molecule has 3 rings (SSSR count). The van der Waals surface area contributed by atoms with E-state index >= 15 is 0 Å². The number of sulfonamides is 1. The Bertz CT molecular complexity index is 1030. The Morgan fingerprint density at radius 1 is 1.03 bits per heavy atom. The van der Waals surface area contributed by atoms with Gasteiger partial charge in [0.05, 0.1) is 4.90 Å². The molecule has 0 aliphatic carbocycles. The Kier molecular flexibility index (Phi) is 5.94. The summed E-state index contributed by atoms with van der Waals surface area (Å²) in [6, 6.07) is 9.98. The fourth-order valence-corrected chi connectivity index (χ4v) is 4.53. The van der Waals surface area contributed by atoms with Crippen LogP contribution >= 0.6 is 0 Å². The molecule has 2 amide bonds. The fourth-order valence-electron chi connectivity index (χ4n) is 3.11. The number of carboxylic acid groups (broad SMARTS) is 1. The molecule has 1 aliphatic rings. The van der Waals surface area contributed by atoms with Crippen molar-refractivity contribution in [2.24, 2.45) is 5.73 Å². The highest BCUT2D eigenvalue weighted by Crippen LogP contribution is 2.27. The van der Waals surface area contributed by atoms with Crippen molar-refractivity contribution >= 4 is 22.0 Å². The van der Waals surface area contributed by atoms with Gasteiger partial charge < -0.3 is 20.5 Å². The van der Waals surface area contributed by atoms with Gasteiger partial charge in [0, 0.05) is 13.1 Å². The largest absolute Gasteiger partial charge is 0.480 e. The molecule has 1 saturated heterocycles. The smallest absolute Gasteiger partial charge is 0.325 e. The van der Waals surface area contributed by atoms with E-state index in [2.05, 4.69) is 4.72 Å². The summed E-state index contributed by atoms with van der Waals surface area (Å²) in [5.41, 5.74) is 3.46. The van der Waals surface area contributed by atoms with Crippen molar-refractivity contribution in [2.45, 2.75) is 23.3 Å². The molecule has 11 heteroatoms. The maximum atomic E-state index is 13.0. The number of amides is 2. The number of hydrogen-bond acceptors (Lipinski definition) is 5. The minimum absolute atomic E-state index is 0.0224. The third kappa shape index (κ3) is 4.69.